The third-order valence-corrected chi connectivity index (χ3v) is 7.38. The van der Waals surface area contributed by atoms with E-state index < -0.39 is 0 Å². The van der Waals surface area contributed by atoms with Gasteiger partial charge in [0.1, 0.15) is 17.5 Å². The molecule has 0 saturated carbocycles. The summed E-state index contributed by atoms with van der Waals surface area (Å²) in [6, 6.07) is 27.1. The third-order valence-electron chi connectivity index (χ3n) is 7.38. The van der Waals surface area contributed by atoms with Crippen molar-refractivity contribution in [3.8, 4) is 23.1 Å². The molecule has 1 fully saturated rings. The fraction of sp³-hybridized carbons (Fsp3) is 0.250. The number of hydrogen-bond acceptors (Lipinski definition) is 6. The Morgan fingerprint density at radius 3 is 2.39 bits per heavy atom. The highest BCUT2D eigenvalue weighted by molar-refractivity contribution is 6.04. The standard InChI is InChI=1S/C32H29N5O/c1-2-38-32-27(21-33)29(24-11-7-4-8-12-24)26-20-25-28(35-30(26)36-32)13-16-34-31(25)37-17-14-23(15-18-37)19-22-9-5-3-6-10-22/h3-13,16,20,23H,2,14-15,17-19H2,1H3. The van der Waals surface area contributed by atoms with Crippen LogP contribution in [0.5, 0.6) is 5.88 Å². The molecule has 6 rings (SSSR count). The zero-order chi connectivity index (χ0) is 25.9. The summed E-state index contributed by atoms with van der Waals surface area (Å²) in [6.45, 7) is 4.23. The van der Waals surface area contributed by atoms with Crippen LogP contribution in [-0.4, -0.2) is 34.6 Å². The van der Waals surface area contributed by atoms with E-state index in [9.17, 15) is 5.26 Å². The molecule has 0 aliphatic carbocycles. The lowest BCUT2D eigenvalue weighted by atomic mass is 9.90. The summed E-state index contributed by atoms with van der Waals surface area (Å²) in [5.41, 5.74) is 4.98. The minimum Gasteiger partial charge on any atom is -0.477 e. The largest absolute Gasteiger partial charge is 0.477 e. The van der Waals surface area contributed by atoms with Crippen LogP contribution in [0.25, 0.3) is 33.1 Å². The maximum absolute atomic E-state index is 10.1. The molecule has 0 radical (unpaired) electrons. The van der Waals surface area contributed by atoms with Crippen LogP contribution >= 0.6 is 0 Å². The minimum atomic E-state index is 0.322. The van der Waals surface area contributed by atoms with Gasteiger partial charge >= 0.3 is 0 Å². The maximum Gasteiger partial charge on any atom is 0.234 e. The smallest absolute Gasteiger partial charge is 0.234 e. The number of hydrogen-bond donors (Lipinski definition) is 0. The van der Waals surface area contributed by atoms with Gasteiger partial charge in [0.05, 0.1) is 12.1 Å². The third kappa shape index (κ3) is 4.52. The summed E-state index contributed by atoms with van der Waals surface area (Å²) >= 11 is 0. The number of nitrogens with zero attached hydrogens (tertiary/aromatic N) is 5. The summed E-state index contributed by atoms with van der Waals surface area (Å²) in [7, 11) is 0. The van der Waals surface area contributed by atoms with Crippen LogP contribution < -0.4 is 9.64 Å². The van der Waals surface area contributed by atoms with Gasteiger partial charge in [0, 0.05) is 35.6 Å². The molecule has 1 aliphatic rings. The van der Waals surface area contributed by atoms with Crippen LogP contribution in [0.3, 0.4) is 0 Å². The van der Waals surface area contributed by atoms with Gasteiger partial charge in [-0.3, -0.25) is 0 Å². The summed E-state index contributed by atoms with van der Waals surface area (Å²) < 4.78 is 5.79. The van der Waals surface area contributed by atoms with Crippen molar-refractivity contribution in [3.63, 3.8) is 0 Å². The Labute approximate surface area is 222 Å². The number of pyridine rings is 3. The van der Waals surface area contributed by atoms with Crippen LogP contribution in [0.15, 0.2) is 79.0 Å². The number of benzene rings is 2. The van der Waals surface area contributed by atoms with Crippen molar-refractivity contribution < 1.29 is 4.74 Å². The molecule has 38 heavy (non-hydrogen) atoms. The molecule has 0 bridgehead atoms. The highest BCUT2D eigenvalue weighted by Crippen LogP contribution is 2.38. The monoisotopic (exact) mass is 499 g/mol. The number of aromatic nitrogens is 3. The Bertz CT molecular complexity index is 1620. The highest BCUT2D eigenvalue weighted by atomic mass is 16.5. The molecule has 0 spiro atoms. The number of ether oxygens (including phenoxy) is 1. The van der Waals surface area contributed by atoms with Crippen LogP contribution in [0.4, 0.5) is 5.82 Å². The molecule has 1 saturated heterocycles. The van der Waals surface area contributed by atoms with Crippen molar-refractivity contribution in [3.05, 3.63) is 90.1 Å². The molecular weight excluding hydrogens is 470 g/mol. The minimum absolute atomic E-state index is 0.322. The van der Waals surface area contributed by atoms with E-state index in [2.05, 4.69) is 52.4 Å². The molecule has 0 unspecified atom stereocenters. The highest BCUT2D eigenvalue weighted by Gasteiger charge is 2.24. The molecule has 0 atom stereocenters. The van der Waals surface area contributed by atoms with E-state index in [1.54, 1.807) is 0 Å². The van der Waals surface area contributed by atoms with Gasteiger partial charge in [0.15, 0.2) is 5.65 Å². The Hall–Kier alpha value is -4.50. The molecule has 188 valence electrons. The second-order valence-electron chi connectivity index (χ2n) is 9.76. The van der Waals surface area contributed by atoms with Crippen molar-refractivity contribution in [2.75, 3.05) is 24.6 Å². The van der Waals surface area contributed by atoms with Crippen LogP contribution in [0.1, 0.15) is 30.9 Å². The quantitative estimate of drug-likeness (QED) is 0.246. The van der Waals surface area contributed by atoms with Gasteiger partial charge in [-0.25, -0.2) is 9.97 Å². The van der Waals surface area contributed by atoms with Gasteiger partial charge in [-0.1, -0.05) is 60.7 Å². The topological polar surface area (TPSA) is 74.9 Å². The van der Waals surface area contributed by atoms with Gasteiger partial charge in [0.25, 0.3) is 0 Å². The van der Waals surface area contributed by atoms with Crippen molar-refractivity contribution in [2.24, 2.45) is 5.92 Å². The Morgan fingerprint density at radius 2 is 1.68 bits per heavy atom. The SMILES string of the molecule is CCOc1nc2nc3ccnc(N4CCC(Cc5ccccc5)CC4)c3cc2c(-c2ccccc2)c1C#N. The first-order valence-corrected chi connectivity index (χ1v) is 13.3. The van der Waals surface area contributed by atoms with Crippen LogP contribution in [0, 0.1) is 17.2 Å². The van der Waals surface area contributed by atoms with E-state index in [4.69, 9.17) is 14.7 Å². The predicted molar refractivity (Wildman–Crippen MR) is 151 cm³/mol. The molecule has 4 heterocycles. The molecule has 3 aromatic heterocycles. The van der Waals surface area contributed by atoms with Gasteiger partial charge < -0.3 is 9.64 Å². The first-order chi connectivity index (χ1) is 18.7. The van der Waals surface area contributed by atoms with Gasteiger partial charge in [-0.2, -0.15) is 10.2 Å². The van der Waals surface area contributed by atoms with Crippen molar-refractivity contribution in [1.82, 2.24) is 15.0 Å². The Kier molecular flexibility index (Phi) is 6.58. The fourth-order valence-corrected chi connectivity index (χ4v) is 5.53. The van der Waals surface area contributed by atoms with Gasteiger partial charge in [0.2, 0.25) is 5.88 Å². The van der Waals surface area contributed by atoms with Crippen molar-refractivity contribution >= 4 is 27.8 Å². The second-order valence-corrected chi connectivity index (χ2v) is 9.76. The normalized spacial score (nSPS) is 14.1. The van der Waals surface area contributed by atoms with Crippen LogP contribution in [0.2, 0.25) is 0 Å². The Balaban J connectivity index is 1.42. The maximum atomic E-state index is 10.1. The lowest BCUT2D eigenvalue weighted by molar-refractivity contribution is 0.327. The number of anilines is 1. The molecule has 2 aromatic carbocycles. The zero-order valence-electron chi connectivity index (χ0n) is 21.5. The molecule has 0 N–H and O–H groups in total. The lowest BCUT2D eigenvalue weighted by Crippen LogP contribution is -2.35. The van der Waals surface area contributed by atoms with Crippen molar-refractivity contribution in [2.45, 2.75) is 26.2 Å². The molecule has 5 aromatic rings. The molecule has 0 amide bonds. The first-order valence-electron chi connectivity index (χ1n) is 13.3. The predicted octanol–water partition coefficient (Wildman–Crippen LogP) is 6.57. The van der Waals surface area contributed by atoms with Gasteiger partial charge in [-0.05, 0) is 55.4 Å². The number of piperidine rings is 1. The summed E-state index contributed by atoms with van der Waals surface area (Å²) in [5, 5.41) is 11.9. The van der Waals surface area contributed by atoms with E-state index in [0.717, 1.165) is 65.6 Å². The second kappa shape index (κ2) is 10.5. The average molecular weight is 500 g/mol. The lowest BCUT2D eigenvalue weighted by Gasteiger charge is -2.33. The summed E-state index contributed by atoms with van der Waals surface area (Å²) in [6.07, 6.45) is 5.20. The van der Waals surface area contributed by atoms with E-state index >= 15 is 0 Å². The first kappa shape index (κ1) is 23.9. The molecular formula is C32H29N5O. The van der Waals surface area contributed by atoms with Crippen LogP contribution in [-0.2, 0) is 6.42 Å². The fourth-order valence-electron chi connectivity index (χ4n) is 5.53. The van der Waals surface area contributed by atoms with Gasteiger partial charge in [-0.15, -0.1) is 0 Å². The molecule has 6 heteroatoms. The summed E-state index contributed by atoms with van der Waals surface area (Å²) in [4.78, 5) is 16.8. The molecule has 6 nitrogen and oxygen atoms in total. The zero-order valence-corrected chi connectivity index (χ0v) is 21.5. The number of nitriles is 1. The van der Waals surface area contributed by atoms with E-state index in [1.807, 2.05) is 49.5 Å². The Morgan fingerprint density at radius 1 is 0.947 bits per heavy atom. The number of rotatable bonds is 6. The summed E-state index contributed by atoms with van der Waals surface area (Å²) in [5.74, 6) is 1.94. The van der Waals surface area contributed by atoms with Crippen molar-refractivity contribution in [1.29, 1.82) is 5.26 Å². The van der Waals surface area contributed by atoms with E-state index in [-0.39, 0.29) is 0 Å². The average Bonchev–Trinajstić information content (AvgIpc) is 2.97. The molecule has 1 aliphatic heterocycles. The number of fused-ring (bicyclic) bond motifs is 2. The van der Waals surface area contributed by atoms with E-state index in [1.165, 1.54) is 5.56 Å². The van der Waals surface area contributed by atoms with E-state index in [0.29, 0.717) is 29.6 Å².